The molecule has 120 valence electrons. The first kappa shape index (κ1) is 16.9. The Morgan fingerprint density at radius 1 is 1.26 bits per heavy atom. The van der Waals surface area contributed by atoms with Gasteiger partial charge in [0.1, 0.15) is 5.82 Å². The molecule has 4 nitrogen and oxygen atoms in total. The van der Waals surface area contributed by atoms with Gasteiger partial charge in [0.2, 0.25) is 0 Å². The average molecular weight is 332 g/mol. The molecule has 1 heterocycles. The van der Waals surface area contributed by atoms with Gasteiger partial charge in [-0.15, -0.1) is 0 Å². The van der Waals surface area contributed by atoms with Crippen LogP contribution in [-0.2, 0) is 4.79 Å². The van der Waals surface area contributed by atoms with Gasteiger partial charge in [-0.25, -0.2) is 4.39 Å². The van der Waals surface area contributed by atoms with Crippen molar-refractivity contribution >= 4 is 34.5 Å². The highest BCUT2D eigenvalue weighted by atomic mass is 32.1. The lowest BCUT2D eigenvalue weighted by molar-refractivity contribution is -0.112. The second-order valence-corrected chi connectivity index (χ2v) is 5.69. The Labute approximate surface area is 138 Å². The van der Waals surface area contributed by atoms with Crippen LogP contribution < -0.4 is 10.6 Å². The number of hydrogen-bond donors (Lipinski definition) is 2. The van der Waals surface area contributed by atoms with E-state index in [2.05, 4.69) is 10.6 Å². The molecule has 0 radical (unpaired) electrons. The Morgan fingerprint density at radius 3 is 2.70 bits per heavy atom. The smallest absolute Gasteiger partial charge is 0.256 e. The van der Waals surface area contributed by atoms with Crippen molar-refractivity contribution in [1.82, 2.24) is 0 Å². The summed E-state index contributed by atoms with van der Waals surface area (Å²) in [6, 6.07) is 5.71. The van der Waals surface area contributed by atoms with E-state index in [1.54, 1.807) is 29.8 Å². The third kappa shape index (κ3) is 4.50. The molecule has 0 bridgehead atoms. The van der Waals surface area contributed by atoms with E-state index in [4.69, 9.17) is 0 Å². The fourth-order valence-electron chi connectivity index (χ4n) is 1.92. The van der Waals surface area contributed by atoms with E-state index in [-0.39, 0.29) is 11.6 Å². The maximum Gasteiger partial charge on any atom is 0.256 e. The number of carbonyl (C=O) groups excluding carboxylic acids is 2. The van der Waals surface area contributed by atoms with E-state index in [0.29, 0.717) is 16.8 Å². The van der Waals surface area contributed by atoms with Crippen molar-refractivity contribution in [3.8, 4) is 0 Å². The predicted octanol–water partition coefficient (Wildman–Crippen LogP) is 4.43. The summed E-state index contributed by atoms with van der Waals surface area (Å²) in [7, 11) is 0. The van der Waals surface area contributed by atoms with Gasteiger partial charge in [0.05, 0.1) is 11.3 Å². The Morgan fingerprint density at radius 2 is 2.04 bits per heavy atom. The second kappa shape index (κ2) is 7.69. The minimum absolute atomic E-state index is 0.0242. The molecule has 0 aliphatic carbocycles. The molecule has 0 saturated carbocycles. The normalized spacial score (nSPS) is 11.2. The zero-order valence-corrected chi connectivity index (χ0v) is 13.7. The van der Waals surface area contributed by atoms with Gasteiger partial charge >= 0.3 is 0 Å². The molecule has 0 saturated heterocycles. The summed E-state index contributed by atoms with van der Waals surface area (Å²) in [5.41, 5.74) is 1.49. The molecule has 0 unspecified atom stereocenters. The lowest BCUT2D eigenvalue weighted by Crippen LogP contribution is -2.15. The van der Waals surface area contributed by atoms with Crippen LogP contribution >= 0.6 is 11.3 Å². The zero-order valence-electron chi connectivity index (χ0n) is 12.9. The number of thiophene rings is 1. The van der Waals surface area contributed by atoms with Crippen molar-refractivity contribution < 1.29 is 14.0 Å². The van der Waals surface area contributed by atoms with Crippen LogP contribution in [-0.4, -0.2) is 11.8 Å². The molecule has 1 aromatic heterocycles. The molecular formula is C17H17FN2O2S. The SMILES string of the molecule is CCC=C(C)C(=O)Nc1ccc(F)c(NC(=O)c2ccsc2)c1. The molecule has 0 spiro atoms. The van der Waals surface area contributed by atoms with Crippen LogP contribution in [0.4, 0.5) is 15.8 Å². The number of hydrogen-bond acceptors (Lipinski definition) is 3. The predicted molar refractivity (Wildman–Crippen MR) is 91.3 cm³/mol. The number of allylic oxidation sites excluding steroid dienone is 1. The van der Waals surface area contributed by atoms with Crippen molar-refractivity contribution in [2.24, 2.45) is 0 Å². The van der Waals surface area contributed by atoms with Crippen LogP contribution in [0, 0.1) is 5.82 Å². The highest BCUT2D eigenvalue weighted by molar-refractivity contribution is 7.08. The van der Waals surface area contributed by atoms with Crippen LogP contribution in [0.5, 0.6) is 0 Å². The Bertz CT molecular complexity index is 739. The summed E-state index contributed by atoms with van der Waals surface area (Å²) >= 11 is 1.38. The summed E-state index contributed by atoms with van der Waals surface area (Å²) in [5, 5.41) is 8.63. The van der Waals surface area contributed by atoms with E-state index in [0.717, 1.165) is 6.42 Å². The van der Waals surface area contributed by atoms with Gasteiger partial charge in [-0.2, -0.15) is 11.3 Å². The monoisotopic (exact) mass is 332 g/mol. The molecule has 2 rings (SSSR count). The fraction of sp³-hybridized carbons (Fsp3) is 0.176. The maximum absolute atomic E-state index is 13.9. The van der Waals surface area contributed by atoms with Gasteiger partial charge in [0, 0.05) is 16.6 Å². The first-order valence-electron chi connectivity index (χ1n) is 7.12. The topological polar surface area (TPSA) is 58.2 Å². The molecular weight excluding hydrogens is 315 g/mol. The molecule has 0 aliphatic heterocycles. The summed E-state index contributed by atoms with van der Waals surface area (Å²) in [6.45, 7) is 3.65. The summed E-state index contributed by atoms with van der Waals surface area (Å²) < 4.78 is 13.9. The van der Waals surface area contributed by atoms with E-state index >= 15 is 0 Å². The minimum Gasteiger partial charge on any atom is -0.322 e. The molecule has 0 fully saturated rings. The first-order chi connectivity index (χ1) is 11.0. The van der Waals surface area contributed by atoms with Gasteiger partial charge in [0.25, 0.3) is 11.8 Å². The molecule has 1 aromatic carbocycles. The number of nitrogens with one attached hydrogen (secondary N) is 2. The standard InChI is InChI=1S/C17H17FN2O2S/c1-3-4-11(2)16(21)19-13-5-6-14(18)15(9-13)20-17(22)12-7-8-23-10-12/h4-10H,3H2,1-2H3,(H,19,21)(H,20,22). The van der Waals surface area contributed by atoms with E-state index in [9.17, 15) is 14.0 Å². The van der Waals surface area contributed by atoms with Gasteiger partial charge in [-0.3, -0.25) is 9.59 Å². The van der Waals surface area contributed by atoms with Crippen molar-refractivity contribution in [3.63, 3.8) is 0 Å². The lowest BCUT2D eigenvalue weighted by Gasteiger charge is -2.10. The number of benzene rings is 1. The zero-order chi connectivity index (χ0) is 16.8. The summed E-state index contributed by atoms with van der Waals surface area (Å²) in [4.78, 5) is 23.9. The molecule has 6 heteroatoms. The lowest BCUT2D eigenvalue weighted by atomic mass is 10.2. The molecule has 0 aliphatic rings. The van der Waals surface area contributed by atoms with Crippen LogP contribution in [0.3, 0.4) is 0 Å². The van der Waals surface area contributed by atoms with Crippen molar-refractivity contribution in [2.75, 3.05) is 10.6 Å². The summed E-state index contributed by atoms with van der Waals surface area (Å²) in [5.74, 6) is -1.21. The molecule has 23 heavy (non-hydrogen) atoms. The number of rotatable bonds is 5. The van der Waals surface area contributed by atoms with Crippen molar-refractivity contribution in [1.29, 1.82) is 0 Å². The van der Waals surface area contributed by atoms with Crippen molar-refractivity contribution in [2.45, 2.75) is 20.3 Å². The van der Waals surface area contributed by atoms with Crippen molar-refractivity contribution in [3.05, 3.63) is 58.1 Å². The van der Waals surface area contributed by atoms with E-state index < -0.39 is 11.7 Å². The quantitative estimate of drug-likeness (QED) is 0.796. The van der Waals surface area contributed by atoms with Crippen LogP contribution in [0.2, 0.25) is 0 Å². The van der Waals surface area contributed by atoms with Crippen LogP contribution in [0.25, 0.3) is 0 Å². The number of amides is 2. The molecule has 2 amide bonds. The Kier molecular flexibility index (Phi) is 5.65. The molecule has 2 N–H and O–H groups in total. The third-order valence-electron chi connectivity index (χ3n) is 3.12. The number of carbonyl (C=O) groups is 2. The Balaban J connectivity index is 2.14. The largest absolute Gasteiger partial charge is 0.322 e. The maximum atomic E-state index is 13.9. The van der Waals surface area contributed by atoms with Gasteiger partial charge in [-0.05, 0) is 43.0 Å². The van der Waals surface area contributed by atoms with Crippen LogP contribution in [0.15, 0.2) is 46.7 Å². The van der Waals surface area contributed by atoms with Gasteiger partial charge < -0.3 is 10.6 Å². The first-order valence-corrected chi connectivity index (χ1v) is 8.06. The fourth-order valence-corrected chi connectivity index (χ4v) is 2.55. The number of halogens is 1. The summed E-state index contributed by atoms with van der Waals surface area (Å²) in [6.07, 6.45) is 2.56. The van der Waals surface area contributed by atoms with Crippen LogP contribution in [0.1, 0.15) is 30.6 Å². The highest BCUT2D eigenvalue weighted by Crippen LogP contribution is 2.21. The second-order valence-electron chi connectivity index (χ2n) is 4.91. The minimum atomic E-state index is -0.563. The van der Waals surface area contributed by atoms with Gasteiger partial charge in [-0.1, -0.05) is 13.0 Å². The van der Waals surface area contributed by atoms with E-state index in [1.165, 1.54) is 29.5 Å². The Hall–Kier alpha value is -2.47. The highest BCUT2D eigenvalue weighted by Gasteiger charge is 2.12. The van der Waals surface area contributed by atoms with Gasteiger partial charge in [0.15, 0.2) is 0 Å². The van der Waals surface area contributed by atoms with E-state index in [1.807, 2.05) is 6.92 Å². The number of anilines is 2. The molecule has 0 atom stereocenters. The third-order valence-corrected chi connectivity index (χ3v) is 3.81. The molecule has 2 aromatic rings. The average Bonchev–Trinajstić information content (AvgIpc) is 3.05.